The first-order chi connectivity index (χ1) is 15.8. The molecule has 10 nitrogen and oxygen atoms in total. The monoisotopic (exact) mass is 470 g/mol. The second-order valence-corrected chi connectivity index (χ2v) is 9.35. The van der Waals surface area contributed by atoms with Crippen LogP contribution in [-0.4, -0.2) is 53.2 Å². The van der Waals surface area contributed by atoms with Gasteiger partial charge in [-0.25, -0.2) is 8.42 Å². The SMILES string of the molecule is Cc1n[nH]c2cc(OCCNCC(O)c3cccc(NS(=O)(=O)c4cnn(C)c4)c3)ccc12. The highest BCUT2D eigenvalue weighted by Crippen LogP contribution is 2.22. The van der Waals surface area contributed by atoms with E-state index in [1.807, 2.05) is 25.1 Å². The van der Waals surface area contributed by atoms with Crippen LogP contribution in [0.3, 0.4) is 0 Å². The summed E-state index contributed by atoms with van der Waals surface area (Å²) in [6.07, 6.45) is 1.89. The highest BCUT2D eigenvalue weighted by Gasteiger charge is 2.17. The van der Waals surface area contributed by atoms with E-state index in [0.717, 1.165) is 22.3 Å². The zero-order valence-corrected chi connectivity index (χ0v) is 19.1. The quantitative estimate of drug-likeness (QED) is 0.261. The number of sulfonamides is 1. The number of aliphatic hydroxyl groups excluding tert-OH is 1. The molecule has 0 aliphatic rings. The number of H-pyrrole nitrogens is 1. The van der Waals surface area contributed by atoms with Crippen LogP contribution in [0.15, 0.2) is 59.8 Å². The van der Waals surface area contributed by atoms with E-state index >= 15 is 0 Å². The van der Waals surface area contributed by atoms with Crippen LogP contribution < -0.4 is 14.8 Å². The van der Waals surface area contributed by atoms with Gasteiger partial charge in [-0.15, -0.1) is 0 Å². The van der Waals surface area contributed by atoms with Crippen molar-refractivity contribution in [1.82, 2.24) is 25.3 Å². The third-order valence-corrected chi connectivity index (χ3v) is 6.46. The van der Waals surface area contributed by atoms with E-state index in [4.69, 9.17) is 4.74 Å². The van der Waals surface area contributed by atoms with Crippen LogP contribution in [-0.2, 0) is 17.1 Å². The molecule has 0 amide bonds. The van der Waals surface area contributed by atoms with Crippen molar-refractivity contribution in [2.75, 3.05) is 24.4 Å². The second-order valence-electron chi connectivity index (χ2n) is 7.67. The molecular formula is C22H26N6O4S. The van der Waals surface area contributed by atoms with Crippen LogP contribution in [0.25, 0.3) is 10.9 Å². The fraction of sp³-hybridized carbons (Fsp3) is 0.273. The van der Waals surface area contributed by atoms with Crippen LogP contribution >= 0.6 is 0 Å². The third kappa shape index (κ3) is 5.51. The van der Waals surface area contributed by atoms with E-state index in [1.54, 1.807) is 31.3 Å². The molecule has 4 aromatic rings. The Balaban J connectivity index is 1.26. The summed E-state index contributed by atoms with van der Waals surface area (Å²) in [5.41, 5.74) is 2.83. The molecule has 0 spiro atoms. The number of aliphatic hydroxyl groups is 1. The van der Waals surface area contributed by atoms with E-state index in [0.29, 0.717) is 30.9 Å². The highest BCUT2D eigenvalue weighted by atomic mass is 32.2. The molecule has 1 atom stereocenters. The molecule has 0 saturated heterocycles. The highest BCUT2D eigenvalue weighted by molar-refractivity contribution is 7.92. The number of anilines is 1. The minimum atomic E-state index is -3.75. The van der Waals surface area contributed by atoms with Gasteiger partial charge < -0.3 is 15.2 Å². The van der Waals surface area contributed by atoms with Gasteiger partial charge >= 0.3 is 0 Å². The van der Waals surface area contributed by atoms with Crippen molar-refractivity contribution >= 4 is 26.6 Å². The van der Waals surface area contributed by atoms with Crippen LogP contribution in [0, 0.1) is 6.92 Å². The largest absolute Gasteiger partial charge is 0.492 e. The Morgan fingerprint density at radius 3 is 2.88 bits per heavy atom. The maximum absolute atomic E-state index is 12.5. The average Bonchev–Trinajstić information content (AvgIpc) is 3.39. The zero-order valence-electron chi connectivity index (χ0n) is 18.3. The van der Waals surface area contributed by atoms with Gasteiger partial charge in [-0.3, -0.25) is 14.5 Å². The predicted molar refractivity (Wildman–Crippen MR) is 125 cm³/mol. The standard InChI is InChI=1S/C22H26N6O4S/c1-15-20-7-6-18(11-21(20)26-25-15)32-9-8-23-13-22(29)16-4-3-5-17(10-16)27-33(30,31)19-12-24-28(2)14-19/h3-7,10-12,14,22-23,27,29H,8-9,13H2,1-2H3,(H,25,26). The number of nitrogens with zero attached hydrogens (tertiary/aromatic N) is 3. The topological polar surface area (TPSA) is 134 Å². The molecule has 11 heteroatoms. The molecule has 1 unspecified atom stereocenters. The van der Waals surface area contributed by atoms with Gasteiger partial charge in [-0.05, 0) is 36.8 Å². The number of hydrogen-bond acceptors (Lipinski definition) is 7. The fourth-order valence-electron chi connectivity index (χ4n) is 3.38. The Hall–Kier alpha value is -3.41. The number of fused-ring (bicyclic) bond motifs is 1. The van der Waals surface area contributed by atoms with Gasteiger partial charge in [0, 0.05) is 43.5 Å². The molecule has 4 rings (SSSR count). The number of benzene rings is 2. The lowest BCUT2D eigenvalue weighted by Crippen LogP contribution is -2.26. The molecule has 0 saturated carbocycles. The summed E-state index contributed by atoms with van der Waals surface area (Å²) < 4.78 is 34.6. The van der Waals surface area contributed by atoms with Gasteiger partial charge in [0.15, 0.2) is 0 Å². The van der Waals surface area contributed by atoms with Crippen molar-refractivity contribution in [3.05, 3.63) is 66.1 Å². The number of aryl methyl sites for hydroxylation is 2. The van der Waals surface area contributed by atoms with Crippen molar-refractivity contribution in [2.24, 2.45) is 7.05 Å². The van der Waals surface area contributed by atoms with Gasteiger partial charge in [-0.1, -0.05) is 12.1 Å². The number of hydrogen-bond donors (Lipinski definition) is 4. The van der Waals surface area contributed by atoms with Crippen molar-refractivity contribution in [1.29, 1.82) is 0 Å². The minimum Gasteiger partial charge on any atom is -0.492 e. The van der Waals surface area contributed by atoms with Crippen molar-refractivity contribution < 1.29 is 18.3 Å². The summed E-state index contributed by atoms with van der Waals surface area (Å²) in [4.78, 5) is 0.0689. The molecule has 0 aliphatic heterocycles. The van der Waals surface area contributed by atoms with Crippen molar-refractivity contribution in [2.45, 2.75) is 17.9 Å². The molecule has 0 fully saturated rings. The molecule has 2 heterocycles. The average molecular weight is 471 g/mol. The lowest BCUT2D eigenvalue weighted by Gasteiger charge is -2.14. The van der Waals surface area contributed by atoms with Crippen LogP contribution in [0.1, 0.15) is 17.4 Å². The summed E-state index contributed by atoms with van der Waals surface area (Å²) in [5.74, 6) is 0.738. The van der Waals surface area contributed by atoms with Gasteiger partial charge in [0.2, 0.25) is 0 Å². The van der Waals surface area contributed by atoms with Crippen molar-refractivity contribution in [3.63, 3.8) is 0 Å². The number of ether oxygens (including phenoxy) is 1. The second kappa shape index (κ2) is 9.61. The Labute approximate surface area is 191 Å². The summed E-state index contributed by atoms with van der Waals surface area (Å²) in [7, 11) is -2.11. The molecule has 0 aliphatic carbocycles. The first kappa shape index (κ1) is 22.8. The molecule has 2 aromatic heterocycles. The molecule has 4 N–H and O–H groups in total. The van der Waals surface area contributed by atoms with Gasteiger partial charge in [0.1, 0.15) is 17.3 Å². The summed E-state index contributed by atoms with van der Waals surface area (Å²) in [5, 5.41) is 25.7. The maximum atomic E-state index is 12.5. The number of aromatic amines is 1. The Kier molecular flexibility index (Phi) is 6.63. The van der Waals surface area contributed by atoms with E-state index in [2.05, 4.69) is 25.3 Å². The Morgan fingerprint density at radius 2 is 2.09 bits per heavy atom. The first-order valence-corrected chi connectivity index (χ1v) is 11.9. The summed E-state index contributed by atoms with van der Waals surface area (Å²) >= 11 is 0. The van der Waals surface area contributed by atoms with Crippen molar-refractivity contribution in [3.8, 4) is 5.75 Å². The Morgan fingerprint density at radius 1 is 1.24 bits per heavy atom. The molecule has 174 valence electrons. The lowest BCUT2D eigenvalue weighted by molar-refractivity contribution is 0.172. The van der Waals surface area contributed by atoms with E-state index in [9.17, 15) is 13.5 Å². The normalized spacial score (nSPS) is 12.7. The van der Waals surface area contributed by atoms with Gasteiger partial charge in [0.05, 0.1) is 23.5 Å². The van der Waals surface area contributed by atoms with Crippen LogP contribution in [0.2, 0.25) is 0 Å². The summed E-state index contributed by atoms with van der Waals surface area (Å²) in [6, 6.07) is 12.4. The molecule has 2 aromatic carbocycles. The Bertz CT molecular complexity index is 1350. The smallest absolute Gasteiger partial charge is 0.265 e. The van der Waals surface area contributed by atoms with E-state index < -0.39 is 16.1 Å². The first-order valence-electron chi connectivity index (χ1n) is 10.4. The van der Waals surface area contributed by atoms with Crippen LogP contribution in [0.5, 0.6) is 5.75 Å². The number of rotatable bonds is 10. The third-order valence-electron chi connectivity index (χ3n) is 5.13. The molecule has 0 radical (unpaired) electrons. The molecule has 33 heavy (non-hydrogen) atoms. The van der Waals surface area contributed by atoms with Gasteiger partial charge in [-0.2, -0.15) is 10.2 Å². The lowest BCUT2D eigenvalue weighted by atomic mass is 10.1. The maximum Gasteiger partial charge on any atom is 0.265 e. The molecule has 0 bridgehead atoms. The number of aromatic nitrogens is 4. The van der Waals surface area contributed by atoms with Gasteiger partial charge in [0.25, 0.3) is 10.0 Å². The minimum absolute atomic E-state index is 0.0689. The van der Waals surface area contributed by atoms with E-state index in [-0.39, 0.29) is 4.90 Å². The zero-order chi connectivity index (χ0) is 23.4. The molecular weight excluding hydrogens is 444 g/mol. The van der Waals surface area contributed by atoms with Crippen LogP contribution in [0.4, 0.5) is 5.69 Å². The summed E-state index contributed by atoms with van der Waals surface area (Å²) in [6.45, 7) is 3.20. The fourth-order valence-corrected chi connectivity index (χ4v) is 4.42. The number of nitrogens with one attached hydrogen (secondary N) is 3. The predicted octanol–water partition coefficient (Wildman–Crippen LogP) is 2.11. The van der Waals surface area contributed by atoms with E-state index in [1.165, 1.54) is 17.1 Å².